The zero-order chi connectivity index (χ0) is 22.7. The summed E-state index contributed by atoms with van der Waals surface area (Å²) in [7, 11) is -3.68. The number of piperazine rings is 1. The van der Waals surface area contributed by atoms with Crippen molar-refractivity contribution in [2.75, 3.05) is 39.4 Å². The molecule has 1 fully saturated rings. The van der Waals surface area contributed by atoms with E-state index in [1.165, 1.54) is 35.5 Å². The number of Topliss-reactive ketones (excluding diaryl/α,β-unsaturated/α-hetero) is 1. The number of hydrogen-bond donors (Lipinski definition) is 1. The van der Waals surface area contributed by atoms with Gasteiger partial charge in [-0.3, -0.25) is 4.79 Å². The van der Waals surface area contributed by atoms with E-state index in [1.54, 1.807) is 4.90 Å². The summed E-state index contributed by atoms with van der Waals surface area (Å²) in [5, 5.41) is 2.87. The molecule has 10 heteroatoms. The highest BCUT2D eigenvalue weighted by Gasteiger charge is 2.30. The summed E-state index contributed by atoms with van der Waals surface area (Å²) in [4.78, 5) is 25.7. The van der Waals surface area contributed by atoms with Gasteiger partial charge in [-0.05, 0) is 36.8 Å². The van der Waals surface area contributed by atoms with Gasteiger partial charge in [0.2, 0.25) is 10.0 Å². The number of rotatable bonds is 5. The molecule has 1 saturated heterocycles. The summed E-state index contributed by atoms with van der Waals surface area (Å²) in [5.74, 6) is 1.24. The first-order valence-corrected chi connectivity index (χ1v) is 11.8. The minimum Gasteiger partial charge on any atom is -0.486 e. The summed E-state index contributed by atoms with van der Waals surface area (Å²) >= 11 is 0. The lowest BCUT2D eigenvalue weighted by Crippen LogP contribution is -2.52. The molecule has 0 aliphatic carbocycles. The van der Waals surface area contributed by atoms with Gasteiger partial charge in [0.15, 0.2) is 17.3 Å². The van der Waals surface area contributed by atoms with E-state index in [0.29, 0.717) is 36.8 Å². The zero-order valence-corrected chi connectivity index (χ0v) is 18.6. The Balaban J connectivity index is 1.31. The van der Waals surface area contributed by atoms with Gasteiger partial charge in [0.05, 0.1) is 4.90 Å². The highest BCUT2D eigenvalue weighted by Crippen LogP contribution is 2.30. The maximum absolute atomic E-state index is 12.9. The number of benzene rings is 2. The quantitative estimate of drug-likeness (QED) is 0.685. The molecule has 0 radical (unpaired) electrons. The molecule has 2 aliphatic heterocycles. The molecular weight excluding hydrogens is 434 g/mol. The van der Waals surface area contributed by atoms with E-state index in [2.05, 4.69) is 5.32 Å². The van der Waals surface area contributed by atoms with Crippen LogP contribution in [0.2, 0.25) is 0 Å². The predicted molar refractivity (Wildman–Crippen MR) is 116 cm³/mol. The van der Waals surface area contributed by atoms with Gasteiger partial charge in [0.25, 0.3) is 0 Å². The molecule has 0 aromatic heterocycles. The lowest BCUT2D eigenvalue weighted by atomic mass is 10.2. The van der Waals surface area contributed by atoms with Crippen molar-refractivity contribution in [1.82, 2.24) is 14.5 Å². The standard InChI is InChI=1S/C22H25N3O6S/c1-16(26)18-3-5-19(6-4-18)32(28,29)25-10-8-24(9-11-25)22(27)23-15-17-2-7-20-21(14-17)31-13-12-30-20/h2-7,14H,8-13,15H2,1H3,(H,23,27). The van der Waals surface area contributed by atoms with Crippen LogP contribution in [0.4, 0.5) is 4.79 Å². The average Bonchev–Trinajstić information content (AvgIpc) is 2.82. The number of carbonyl (C=O) groups is 2. The second-order valence-electron chi connectivity index (χ2n) is 7.61. The molecule has 2 amide bonds. The molecule has 1 N–H and O–H groups in total. The van der Waals surface area contributed by atoms with Gasteiger partial charge < -0.3 is 19.7 Å². The number of fused-ring (bicyclic) bond motifs is 1. The second-order valence-corrected chi connectivity index (χ2v) is 9.55. The molecule has 2 aromatic rings. The number of nitrogens with one attached hydrogen (secondary N) is 1. The lowest BCUT2D eigenvalue weighted by molar-refractivity contribution is 0.101. The number of hydrogen-bond acceptors (Lipinski definition) is 6. The largest absolute Gasteiger partial charge is 0.486 e. The predicted octanol–water partition coefficient (Wildman–Crippen LogP) is 1.88. The van der Waals surface area contributed by atoms with Crippen molar-refractivity contribution in [3.8, 4) is 11.5 Å². The maximum atomic E-state index is 12.9. The fraction of sp³-hybridized carbons (Fsp3) is 0.364. The molecule has 0 spiro atoms. The van der Waals surface area contributed by atoms with Crippen molar-refractivity contribution in [2.24, 2.45) is 0 Å². The van der Waals surface area contributed by atoms with E-state index in [0.717, 1.165) is 5.56 Å². The molecular formula is C22H25N3O6S. The van der Waals surface area contributed by atoms with Crippen molar-refractivity contribution >= 4 is 21.8 Å². The van der Waals surface area contributed by atoms with Crippen LogP contribution in [-0.2, 0) is 16.6 Å². The molecule has 4 rings (SSSR count). The molecule has 0 atom stereocenters. The lowest BCUT2D eigenvalue weighted by Gasteiger charge is -2.34. The number of nitrogens with zero attached hydrogens (tertiary/aromatic N) is 2. The fourth-order valence-electron chi connectivity index (χ4n) is 3.63. The molecule has 2 heterocycles. The topological polar surface area (TPSA) is 105 Å². The summed E-state index contributed by atoms with van der Waals surface area (Å²) in [6.45, 7) is 3.77. The Morgan fingerprint density at radius 1 is 0.938 bits per heavy atom. The minimum absolute atomic E-state index is 0.121. The van der Waals surface area contributed by atoms with E-state index in [4.69, 9.17) is 9.47 Å². The third kappa shape index (κ3) is 4.71. The van der Waals surface area contributed by atoms with Gasteiger partial charge in [-0.15, -0.1) is 0 Å². The number of ketones is 1. The second kappa shape index (κ2) is 9.17. The summed E-state index contributed by atoms with van der Waals surface area (Å²) in [6.07, 6.45) is 0. The first kappa shape index (κ1) is 22.1. The van der Waals surface area contributed by atoms with E-state index >= 15 is 0 Å². The van der Waals surface area contributed by atoms with Crippen LogP contribution in [0.15, 0.2) is 47.4 Å². The van der Waals surface area contributed by atoms with Crippen molar-refractivity contribution in [3.63, 3.8) is 0 Å². The van der Waals surface area contributed by atoms with Crippen LogP contribution in [0.25, 0.3) is 0 Å². The Morgan fingerprint density at radius 2 is 1.59 bits per heavy atom. The van der Waals surface area contributed by atoms with Crippen LogP contribution < -0.4 is 14.8 Å². The van der Waals surface area contributed by atoms with Crippen molar-refractivity contribution in [2.45, 2.75) is 18.4 Å². The summed E-state index contributed by atoms with van der Waals surface area (Å²) in [5.41, 5.74) is 1.35. The van der Waals surface area contributed by atoms with E-state index in [1.807, 2.05) is 18.2 Å². The van der Waals surface area contributed by atoms with Crippen LogP contribution in [-0.4, -0.2) is 68.8 Å². The zero-order valence-electron chi connectivity index (χ0n) is 17.7. The average molecular weight is 460 g/mol. The van der Waals surface area contributed by atoms with Crippen molar-refractivity contribution < 1.29 is 27.5 Å². The first-order chi connectivity index (χ1) is 15.3. The van der Waals surface area contributed by atoms with Crippen LogP contribution in [0, 0.1) is 0 Å². The van der Waals surface area contributed by atoms with Crippen molar-refractivity contribution in [3.05, 3.63) is 53.6 Å². The number of amides is 2. The van der Waals surface area contributed by atoms with Crippen LogP contribution in [0.3, 0.4) is 0 Å². The Hall–Kier alpha value is -3.11. The van der Waals surface area contributed by atoms with Gasteiger partial charge >= 0.3 is 6.03 Å². The van der Waals surface area contributed by atoms with E-state index in [-0.39, 0.29) is 42.9 Å². The Morgan fingerprint density at radius 3 is 2.25 bits per heavy atom. The molecule has 32 heavy (non-hydrogen) atoms. The highest BCUT2D eigenvalue weighted by atomic mass is 32.2. The van der Waals surface area contributed by atoms with E-state index < -0.39 is 10.0 Å². The molecule has 0 saturated carbocycles. The van der Waals surface area contributed by atoms with Crippen molar-refractivity contribution in [1.29, 1.82) is 0 Å². The van der Waals surface area contributed by atoms with Crippen LogP contribution in [0.5, 0.6) is 11.5 Å². The van der Waals surface area contributed by atoms with Gasteiger partial charge in [0, 0.05) is 38.3 Å². The van der Waals surface area contributed by atoms with Crippen LogP contribution in [0.1, 0.15) is 22.8 Å². The maximum Gasteiger partial charge on any atom is 0.317 e. The molecule has 2 aliphatic rings. The molecule has 2 aromatic carbocycles. The number of ether oxygens (including phenoxy) is 2. The fourth-order valence-corrected chi connectivity index (χ4v) is 5.05. The molecule has 0 bridgehead atoms. The summed E-state index contributed by atoms with van der Waals surface area (Å²) in [6, 6.07) is 11.2. The van der Waals surface area contributed by atoms with E-state index in [9.17, 15) is 18.0 Å². The monoisotopic (exact) mass is 459 g/mol. The number of urea groups is 1. The number of carbonyl (C=O) groups excluding carboxylic acids is 2. The summed E-state index contributed by atoms with van der Waals surface area (Å²) < 4.78 is 38.2. The Bertz CT molecular complexity index is 1110. The Labute approximate surface area is 187 Å². The van der Waals surface area contributed by atoms with Gasteiger partial charge in [-0.2, -0.15) is 4.31 Å². The SMILES string of the molecule is CC(=O)c1ccc(S(=O)(=O)N2CCN(C(=O)NCc3ccc4c(c3)OCCO4)CC2)cc1. The first-order valence-electron chi connectivity index (χ1n) is 10.4. The van der Waals surface area contributed by atoms with Gasteiger partial charge in [0.1, 0.15) is 13.2 Å². The molecule has 170 valence electrons. The van der Waals surface area contributed by atoms with Gasteiger partial charge in [-0.1, -0.05) is 18.2 Å². The highest BCUT2D eigenvalue weighted by molar-refractivity contribution is 7.89. The molecule has 9 nitrogen and oxygen atoms in total. The third-order valence-electron chi connectivity index (χ3n) is 5.47. The third-order valence-corrected chi connectivity index (χ3v) is 7.39. The molecule has 0 unspecified atom stereocenters. The Kier molecular flexibility index (Phi) is 6.33. The normalized spacial score (nSPS) is 16.5. The number of sulfonamides is 1. The minimum atomic E-state index is -3.68. The van der Waals surface area contributed by atoms with Gasteiger partial charge in [-0.25, -0.2) is 13.2 Å². The smallest absolute Gasteiger partial charge is 0.317 e. The van der Waals surface area contributed by atoms with Crippen LogP contribution >= 0.6 is 0 Å².